The van der Waals surface area contributed by atoms with Crippen LogP contribution < -0.4 is 0 Å². The quantitative estimate of drug-likeness (QED) is 0.589. The van der Waals surface area contributed by atoms with Gasteiger partial charge in [0, 0.05) is 11.6 Å². The van der Waals surface area contributed by atoms with Gasteiger partial charge in [0.05, 0.1) is 0 Å². The Morgan fingerprint density at radius 3 is 1.83 bits per heavy atom. The average Bonchev–Trinajstić information content (AvgIpc) is 2.30. The largest absolute Gasteiger partial charge is 0.508 e. The molecule has 0 amide bonds. The van der Waals surface area contributed by atoms with Crippen molar-refractivity contribution in [2.75, 3.05) is 0 Å². The zero-order chi connectivity index (χ0) is 13.4. The number of hydrogen-bond donors (Lipinski definition) is 4. The molecule has 0 spiro atoms. The summed E-state index contributed by atoms with van der Waals surface area (Å²) in [5.41, 5.74) is -0.225. The Bertz CT molecular complexity index is 606. The summed E-state index contributed by atoms with van der Waals surface area (Å²) in [5, 5.41) is 37.1. The van der Waals surface area contributed by atoms with Crippen LogP contribution in [-0.4, -0.2) is 20.4 Å². The van der Waals surface area contributed by atoms with Gasteiger partial charge in [0.25, 0.3) is 0 Å². The molecule has 0 aromatic heterocycles. The van der Waals surface area contributed by atoms with Gasteiger partial charge in [-0.2, -0.15) is 8.78 Å². The van der Waals surface area contributed by atoms with Crippen LogP contribution in [0.25, 0.3) is 11.1 Å². The third kappa shape index (κ3) is 1.88. The maximum absolute atomic E-state index is 13.2. The van der Waals surface area contributed by atoms with Crippen LogP contribution >= 0.6 is 0 Å². The molecule has 2 rings (SSSR count). The first-order valence-electron chi connectivity index (χ1n) is 4.83. The Morgan fingerprint density at radius 2 is 1.28 bits per heavy atom. The Hall–Kier alpha value is -2.50. The van der Waals surface area contributed by atoms with Gasteiger partial charge >= 0.3 is 0 Å². The fourth-order valence-corrected chi connectivity index (χ4v) is 1.57. The highest BCUT2D eigenvalue weighted by Gasteiger charge is 2.19. The highest BCUT2D eigenvalue weighted by Crippen LogP contribution is 2.39. The normalized spacial score (nSPS) is 10.6. The van der Waals surface area contributed by atoms with Gasteiger partial charge in [-0.15, -0.1) is 0 Å². The van der Waals surface area contributed by atoms with Crippen molar-refractivity contribution in [2.24, 2.45) is 0 Å². The van der Waals surface area contributed by atoms with Crippen LogP contribution in [0.1, 0.15) is 0 Å². The zero-order valence-electron chi connectivity index (χ0n) is 8.85. The van der Waals surface area contributed by atoms with E-state index in [9.17, 15) is 24.1 Å². The van der Waals surface area contributed by atoms with Crippen LogP contribution in [0, 0.1) is 11.6 Å². The molecule has 4 nitrogen and oxygen atoms in total. The molecule has 0 saturated carbocycles. The minimum atomic E-state index is -1.60. The topological polar surface area (TPSA) is 80.9 Å². The second-order valence-electron chi connectivity index (χ2n) is 3.66. The van der Waals surface area contributed by atoms with Crippen molar-refractivity contribution >= 4 is 0 Å². The van der Waals surface area contributed by atoms with Crippen molar-refractivity contribution in [1.82, 2.24) is 0 Å². The van der Waals surface area contributed by atoms with E-state index in [4.69, 9.17) is 5.11 Å². The molecule has 6 heteroatoms. The van der Waals surface area contributed by atoms with Crippen molar-refractivity contribution < 1.29 is 29.2 Å². The number of rotatable bonds is 1. The molecule has 0 aliphatic heterocycles. The monoisotopic (exact) mass is 254 g/mol. The summed E-state index contributed by atoms with van der Waals surface area (Å²) in [5.74, 6) is -5.82. The second-order valence-corrected chi connectivity index (χ2v) is 3.66. The molecule has 0 atom stereocenters. The standard InChI is InChI=1S/C12H8F2O4/c13-10-9(17)4-8(12(18)11(10)14)5-1-6(15)3-7(16)2-5/h1-4,15-18H. The Balaban J connectivity index is 2.71. The SMILES string of the molecule is Oc1cc(O)cc(-c2cc(O)c(F)c(F)c2O)c1. The van der Waals surface area contributed by atoms with Gasteiger partial charge in [-0.05, 0) is 23.8 Å². The van der Waals surface area contributed by atoms with Crippen LogP contribution in [0.15, 0.2) is 24.3 Å². The molecule has 0 heterocycles. The maximum atomic E-state index is 13.2. The fraction of sp³-hybridized carbons (Fsp3) is 0. The van der Waals surface area contributed by atoms with Crippen LogP contribution in [0.5, 0.6) is 23.0 Å². The molecule has 0 saturated heterocycles. The first-order valence-corrected chi connectivity index (χ1v) is 4.83. The molecule has 0 aliphatic rings. The molecular weight excluding hydrogens is 246 g/mol. The van der Waals surface area contributed by atoms with Crippen LogP contribution in [-0.2, 0) is 0 Å². The number of aromatic hydroxyl groups is 4. The maximum Gasteiger partial charge on any atom is 0.204 e. The van der Waals surface area contributed by atoms with Crippen LogP contribution in [0.3, 0.4) is 0 Å². The van der Waals surface area contributed by atoms with Gasteiger partial charge in [-0.1, -0.05) is 0 Å². The predicted octanol–water partition coefficient (Wildman–Crippen LogP) is 2.45. The third-order valence-electron chi connectivity index (χ3n) is 2.38. The first-order chi connectivity index (χ1) is 8.40. The lowest BCUT2D eigenvalue weighted by Crippen LogP contribution is -1.89. The summed E-state index contributed by atoms with van der Waals surface area (Å²) in [6.45, 7) is 0. The Morgan fingerprint density at radius 1 is 0.722 bits per heavy atom. The molecule has 0 fully saturated rings. The summed E-state index contributed by atoms with van der Waals surface area (Å²) < 4.78 is 26.2. The van der Waals surface area contributed by atoms with Gasteiger partial charge in [-0.25, -0.2) is 0 Å². The summed E-state index contributed by atoms with van der Waals surface area (Å²) in [4.78, 5) is 0. The Labute approximate surface area is 100.0 Å². The average molecular weight is 254 g/mol. The molecule has 0 bridgehead atoms. The van der Waals surface area contributed by atoms with Crippen molar-refractivity contribution in [2.45, 2.75) is 0 Å². The third-order valence-corrected chi connectivity index (χ3v) is 2.38. The molecule has 2 aromatic carbocycles. The predicted molar refractivity (Wildman–Crippen MR) is 58.5 cm³/mol. The number of benzene rings is 2. The molecule has 2 aromatic rings. The molecule has 0 radical (unpaired) electrons. The van der Waals surface area contributed by atoms with Gasteiger partial charge in [-0.3, -0.25) is 0 Å². The molecular formula is C12H8F2O4. The number of hydrogen-bond acceptors (Lipinski definition) is 4. The smallest absolute Gasteiger partial charge is 0.204 e. The van der Waals surface area contributed by atoms with Crippen molar-refractivity contribution in [3.8, 4) is 34.1 Å². The van der Waals surface area contributed by atoms with Gasteiger partial charge < -0.3 is 20.4 Å². The van der Waals surface area contributed by atoms with E-state index in [0.29, 0.717) is 0 Å². The van der Waals surface area contributed by atoms with Gasteiger partial charge in [0.15, 0.2) is 11.5 Å². The minimum Gasteiger partial charge on any atom is -0.508 e. The van der Waals surface area contributed by atoms with Crippen molar-refractivity contribution in [3.05, 3.63) is 35.9 Å². The van der Waals surface area contributed by atoms with Crippen LogP contribution in [0.4, 0.5) is 8.78 Å². The van der Waals surface area contributed by atoms with E-state index >= 15 is 0 Å². The van der Waals surface area contributed by atoms with E-state index in [1.165, 1.54) is 0 Å². The number of phenolic OH excluding ortho intramolecular Hbond substituents is 4. The highest BCUT2D eigenvalue weighted by atomic mass is 19.2. The van der Waals surface area contributed by atoms with Crippen LogP contribution in [0.2, 0.25) is 0 Å². The zero-order valence-corrected chi connectivity index (χ0v) is 8.85. The molecule has 94 valence electrons. The molecule has 0 unspecified atom stereocenters. The van der Waals surface area contributed by atoms with E-state index in [1.807, 2.05) is 0 Å². The first kappa shape index (κ1) is 12.0. The lowest BCUT2D eigenvalue weighted by molar-refractivity contribution is 0.376. The van der Waals surface area contributed by atoms with Crippen molar-refractivity contribution in [1.29, 1.82) is 0 Å². The van der Waals surface area contributed by atoms with Gasteiger partial charge in [0.2, 0.25) is 11.6 Å². The van der Waals surface area contributed by atoms with Gasteiger partial charge in [0.1, 0.15) is 11.5 Å². The number of halogens is 2. The number of phenols is 4. The minimum absolute atomic E-state index is 0.0270. The van der Waals surface area contributed by atoms with E-state index in [1.54, 1.807) is 0 Å². The van der Waals surface area contributed by atoms with E-state index in [-0.39, 0.29) is 22.6 Å². The highest BCUT2D eigenvalue weighted by molar-refractivity contribution is 5.74. The Kier molecular flexibility index (Phi) is 2.70. The van der Waals surface area contributed by atoms with E-state index < -0.39 is 23.1 Å². The molecule has 18 heavy (non-hydrogen) atoms. The molecule has 0 aliphatic carbocycles. The molecule has 4 N–H and O–H groups in total. The lowest BCUT2D eigenvalue weighted by Gasteiger charge is -2.09. The fourth-order valence-electron chi connectivity index (χ4n) is 1.57. The van der Waals surface area contributed by atoms with E-state index in [2.05, 4.69) is 0 Å². The van der Waals surface area contributed by atoms with Crippen molar-refractivity contribution in [3.63, 3.8) is 0 Å². The summed E-state index contributed by atoms with van der Waals surface area (Å²) in [6, 6.07) is 4.05. The van der Waals surface area contributed by atoms with E-state index in [0.717, 1.165) is 24.3 Å². The second kappa shape index (κ2) is 4.06. The summed E-state index contributed by atoms with van der Waals surface area (Å²) >= 11 is 0. The summed E-state index contributed by atoms with van der Waals surface area (Å²) in [7, 11) is 0. The summed E-state index contributed by atoms with van der Waals surface area (Å²) in [6.07, 6.45) is 0. The lowest BCUT2D eigenvalue weighted by atomic mass is 10.0.